The SMILES string of the molecule is CN(C)C1CC=C(c2cccc(NC(=O)c3c(Cl)cc(Cl)cc3Cl)c2F)CC1. The van der Waals surface area contributed by atoms with Gasteiger partial charge in [-0.05, 0) is 57.1 Å². The Morgan fingerprint density at radius 3 is 2.43 bits per heavy atom. The predicted octanol–water partition coefficient (Wildman–Crippen LogP) is 6.54. The number of nitrogens with zero attached hydrogens (tertiary/aromatic N) is 1. The van der Waals surface area contributed by atoms with Crippen LogP contribution in [0.1, 0.15) is 35.2 Å². The monoisotopic (exact) mass is 440 g/mol. The van der Waals surface area contributed by atoms with Crippen molar-refractivity contribution in [3.8, 4) is 0 Å². The third kappa shape index (κ3) is 4.52. The number of rotatable bonds is 4. The molecule has 148 valence electrons. The lowest BCUT2D eigenvalue weighted by atomic mass is 9.90. The number of allylic oxidation sites excluding steroid dienone is 1. The highest BCUT2D eigenvalue weighted by Gasteiger charge is 2.22. The molecule has 7 heteroatoms. The fraction of sp³-hybridized carbons (Fsp3) is 0.286. The second kappa shape index (κ2) is 8.83. The van der Waals surface area contributed by atoms with Gasteiger partial charge < -0.3 is 10.2 Å². The first-order valence-corrected chi connectivity index (χ1v) is 10.0. The first-order valence-electron chi connectivity index (χ1n) is 8.88. The molecule has 1 unspecified atom stereocenters. The third-order valence-electron chi connectivity index (χ3n) is 4.94. The molecule has 0 aromatic heterocycles. The standard InChI is InChI=1S/C21H20Cl3FN2O/c1-27(2)14-8-6-12(7-9-14)15-4-3-5-18(20(15)25)26-21(28)19-16(23)10-13(22)11-17(19)24/h3-6,10-11,14H,7-9H2,1-2H3,(H,26,28). The molecule has 1 amide bonds. The van der Waals surface area contributed by atoms with Gasteiger partial charge in [-0.3, -0.25) is 4.79 Å². The predicted molar refractivity (Wildman–Crippen MR) is 115 cm³/mol. The third-order valence-corrected chi connectivity index (χ3v) is 5.75. The minimum absolute atomic E-state index is 0.0586. The van der Waals surface area contributed by atoms with Crippen LogP contribution in [0, 0.1) is 5.82 Å². The maximum Gasteiger partial charge on any atom is 0.258 e. The fourth-order valence-electron chi connectivity index (χ4n) is 3.35. The lowest BCUT2D eigenvalue weighted by Crippen LogP contribution is -2.29. The number of carbonyl (C=O) groups is 1. The van der Waals surface area contributed by atoms with E-state index in [0.717, 1.165) is 24.8 Å². The minimum atomic E-state index is -0.590. The average Bonchev–Trinajstić information content (AvgIpc) is 2.62. The molecule has 0 heterocycles. The van der Waals surface area contributed by atoms with Crippen molar-refractivity contribution in [2.45, 2.75) is 25.3 Å². The van der Waals surface area contributed by atoms with Crippen LogP contribution in [-0.2, 0) is 0 Å². The minimum Gasteiger partial charge on any atom is -0.319 e. The Bertz CT molecular complexity index is 920. The Kier molecular flexibility index (Phi) is 6.66. The van der Waals surface area contributed by atoms with E-state index in [4.69, 9.17) is 34.8 Å². The molecule has 1 N–H and O–H groups in total. The highest BCUT2D eigenvalue weighted by molar-refractivity contribution is 6.42. The molecule has 3 rings (SSSR count). The number of anilines is 1. The molecular weight excluding hydrogens is 422 g/mol. The van der Waals surface area contributed by atoms with Crippen LogP contribution in [0.2, 0.25) is 15.1 Å². The molecular formula is C21H20Cl3FN2O. The Balaban J connectivity index is 1.85. The molecule has 2 aromatic carbocycles. The number of hydrogen-bond acceptors (Lipinski definition) is 2. The van der Waals surface area contributed by atoms with E-state index in [1.807, 2.05) is 14.1 Å². The van der Waals surface area contributed by atoms with Crippen LogP contribution in [0.25, 0.3) is 5.57 Å². The fourth-order valence-corrected chi connectivity index (χ4v) is 4.34. The molecule has 3 nitrogen and oxygen atoms in total. The first-order chi connectivity index (χ1) is 13.3. The van der Waals surface area contributed by atoms with Gasteiger partial charge in [-0.15, -0.1) is 0 Å². The van der Waals surface area contributed by atoms with Gasteiger partial charge in [0, 0.05) is 16.6 Å². The topological polar surface area (TPSA) is 32.3 Å². The summed E-state index contributed by atoms with van der Waals surface area (Å²) in [5.74, 6) is -1.06. The Labute approximate surface area is 179 Å². The van der Waals surface area contributed by atoms with E-state index in [2.05, 4.69) is 16.3 Å². The molecule has 0 saturated heterocycles. The molecule has 28 heavy (non-hydrogen) atoms. The summed E-state index contributed by atoms with van der Waals surface area (Å²) in [6.07, 6.45) is 4.69. The van der Waals surface area contributed by atoms with Crippen molar-refractivity contribution in [1.29, 1.82) is 0 Å². The molecule has 1 aliphatic rings. The summed E-state index contributed by atoms with van der Waals surface area (Å²) < 4.78 is 15.1. The smallest absolute Gasteiger partial charge is 0.258 e. The number of halogens is 4. The normalized spacial score (nSPS) is 16.8. The van der Waals surface area contributed by atoms with Crippen LogP contribution in [-0.4, -0.2) is 30.9 Å². The van der Waals surface area contributed by atoms with Gasteiger partial charge in [-0.1, -0.05) is 53.0 Å². The van der Waals surface area contributed by atoms with Crippen molar-refractivity contribution in [2.24, 2.45) is 0 Å². The van der Waals surface area contributed by atoms with E-state index in [9.17, 15) is 4.79 Å². The van der Waals surface area contributed by atoms with Gasteiger partial charge in [-0.2, -0.15) is 0 Å². The van der Waals surface area contributed by atoms with Crippen molar-refractivity contribution in [3.05, 3.63) is 68.4 Å². The maximum atomic E-state index is 15.1. The van der Waals surface area contributed by atoms with Gasteiger partial charge in [0.05, 0.1) is 21.3 Å². The summed E-state index contributed by atoms with van der Waals surface area (Å²) in [4.78, 5) is 14.8. The highest BCUT2D eigenvalue weighted by Crippen LogP contribution is 2.34. The van der Waals surface area contributed by atoms with Gasteiger partial charge in [-0.25, -0.2) is 4.39 Å². The molecule has 0 aliphatic heterocycles. The number of carbonyl (C=O) groups excluding carboxylic acids is 1. The van der Waals surface area contributed by atoms with Crippen LogP contribution in [0.4, 0.5) is 10.1 Å². The molecule has 0 radical (unpaired) electrons. The molecule has 0 fully saturated rings. The van der Waals surface area contributed by atoms with Crippen LogP contribution < -0.4 is 5.32 Å². The summed E-state index contributed by atoms with van der Waals surface area (Å²) in [6, 6.07) is 8.27. The first kappa shape index (κ1) is 21.1. The zero-order valence-electron chi connectivity index (χ0n) is 15.5. The van der Waals surface area contributed by atoms with Crippen LogP contribution in [0.3, 0.4) is 0 Å². The van der Waals surface area contributed by atoms with Crippen molar-refractivity contribution in [1.82, 2.24) is 4.90 Å². The lowest BCUT2D eigenvalue weighted by molar-refractivity contribution is 0.102. The largest absolute Gasteiger partial charge is 0.319 e. The Morgan fingerprint density at radius 2 is 1.86 bits per heavy atom. The summed E-state index contributed by atoms with van der Waals surface area (Å²) in [5.41, 5.74) is 1.60. The lowest BCUT2D eigenvalue weighted by Gasteiger charge is -2.28. The molecule has 0 bridgehead atoms. The zero-order valence-corrected chi connectivity index (χ0v) is 17.8. The van der Waals surface area contributed by atoms with Crippen LogP contribution >= 0.6 is 34.8 Å². The van der Waals surface area contributed by atoms with E-state index < -0.39 is 11.7 Å². The maximum absolute atomic E-state index is 15.1. The van der Waals surface area contributed by atoms with E-state index >= 15 is 4.39 Å². The number of benzene rings is 2. The summed E-state index contributed by atoms with van der Waals surface area (Å²) >= 11 is 18.1. The number of amides is 1. The van der Waals surface area contributed by atoms with Gasteiger partial charge in [0.25, 0.3) is 5.91 Å². The average molecular weight is 442 g/mol. The Hall–Kier alpha value is -1.59. The Morgan fingerprint density at radius 1 is 1.18 bits per heavy atom. The van der Waals surface area contributed by atoms with E-state index in [1.54, 1.807) is 12.1 Å². The summed E-state index contributed by atoms with van der Waals surface area (Å²) in [7, 11) is 4.10. The second-order valence-corrected chi connectivity index (χ2v) is 8.24. The van der Waals surface area contributed by atoms with Crippen molar-refractivity contribution < 1.29 is 9.18 Å². The van der Waals surface area contributed by atoms with Crippen molar-refractivity contribution in [2.75, 3.05) is 19.4 Å². The molecule has 1 atom stereocenters. The number of hydrogen-bond donors (Lipinski definition) is 1. The molecule has 0 spiro atoms. The second-order valence-electron chi connectivity index (χ2n) is 6.99. The van der Waals surface area contributed by atoms with Crippen LogP contribution in [0.5, 0.6) is 0 Å². The van der Waals surface area contributed by atoms with Crippen LogP contribution in [0.15, 0.2) is 36.4 Å². The highest BCUT2D eigenvalue weighted by atomic mass is 35.5. The van der Waals surface area contributed by atoms with Gasteiger partial charge in [0.15, 0.2) is 5.82 Å². The summed E-state index contributed by atoms with van der Waals surface area (Å²) in [6.45, 7) is 0. The number of nitrogens with one attached hydrogen (secondary N) is 1. The molecule has 2 aromatic rings. The van der Waals surface area contributed by atoms with Gasteiger partial charge in [0.2, 0.25) is 0 Å². The zero-order chi connectivity index (χ0) is 20.4. The van der Waals surface area contributed by atoms with E-state index in [-0.39, 0.29) is 21.3 Å². The quantitative estimate of drug-likeness (QED) is 0.584. The molecule has 1 aliphatic carbocycles. The van der Waals surface area contributed by atoms with Crippen molar-refractivity contribution in [3.63, 3.8) is 0 Å². The van der Waals surface area contributed by atoms with E-state index in [1.165, 1.54) is 18.2 Å². The summed E-state index contributed by atoms with van der Waals surface area (Å²) in [5, 5.41) is 3.11. The van der Waals surface area contributed by atoms with Crippen molar-refractivity contribution >= 4 is 52.0 Å². The van der Waals surface area contributed by atoms with Gasteiger partial charge in [0.1, 0.15) is 0 Å². The van der Waals surface area contributed by atoms with Gasteiger partial charge >= 0.3 is 0 Å². The van der Waals surface area contributed by atoms with E-state index in [0.29, 0.717) is 16.6 Å². The molecule has 0 saturated carbocycles.